The quantitative estimate of drug-likeness (QED) is 0.169. The van der Waals surface area contributed by atoms with Gasteiger partial charge in [-0.05, 0) is 52.9 Å². The molecule has 14 heteroatoms. The third-order valence-electron chi connectivity index (χ3n) is 6.72. The van der Waals surface area contributed by atoms with Crippen molar-refractivity contribution in [1.82, 2.24) is 50.3 Å². The van der Waals surface area contributed by atoms with Gasteiger partial charge in [0.1, 0.15) is 12.2 Å². The topological polar surface area (TPSA) is 169 Å². The molecule has 4 aromatic heterocycles. The van der Waals surface area contributed by atoms with Crippen LogP contribution in [-0.4, -0.2) is 57.1 Å². The second-order valence-corrected chi connectivity index (χ2v) is 10.1. The van der Waals surface area contributed by atoms with Crippen LogP contribution in [0.15, 0.2) is 78.1 Å². The molecule has 0 aliphatic carbocycles. The first-order valence-electron chi connectivity index (χ1n) is 13.0. The van der Waals surface area contributed by atoms with Gasteiger partial charge in [-0.2, -0.15) is 9.78 Å². The molecule has 0 fully saturated rings. The van der Waals surface area contributed by atoms with Crippen LogP contribution in [0.5, 0.6) is 0 Å². The molecule has 2 aromatic carbocycles. The standard InChI is InChI=1S/C29H23ClN10O3/c1-39-9-8-21(36-39)13-24(34-27(42)7-3-18-10-20(30)4-6-26(18)40-16-32-37-38-40)29-31-14-25(35-29)17-2-5-23-22(11-17)19(15-41)12-28(43)33-23/h2-12,14-16,24H,13H2,1H3,(H,31,35)(H,33,43)(H,34,42)/b7-3+/t24-/m0/s1. The number of fused-ring (bicyclic) bond motifs is 1. The average molecular weight is 595 g/mol. The number of aldehydes is 1. The largest absolute Gasteiger partial charge is 0.346 e. The smallest absolute Gasteiger partial charge is 0.249 e. The number of rotatable bonds is 9. The highest BCUT2D eigenvalue weighted by atomic mass is 35.5. The molecule has 1 atom stereocenters. The number of H-pyrrole nitrogens is 2. The highest BCUT2D eigenvalue weighted by Crippen LogP contribution is 2.26. The summed E-state index contributed by atoms with van der Waals surface area (Å²) >= 11 is 6.21. The molecule has 214 valence electrons. The zero-order valence-electron chi connectivity index (χ0n) is 22.6. The molecular weight excluding hydrogens is 572 g/mol. The summed E-state index contributed by atoms with van der Waals surface area (Å²) in [6.45, 7) is 0. The Morgan fingerprint density at radius 3 is 2.79 bits per heavy atom. The molecule has 0 saturated carbocycles. The molecule has 6 rings (SSSR count). The summed E-state index contributed by atoms with van der Waals surface area (Å²) in [4.78, 5) is 47.3. The van der Waals surface area contributed by atoms with Gasteiger partial charge in [-0.3, -0.25) is 19.1 Å². The van der Waals surface area contributed by atoms with E-state index in [1.807, 2.05) is 19.3 Å². The number of amides is 1. The van der Waals surface area contributed by atoms with Crippen molar-refractivity contribution in [3.8, 4) is 16.9 Å². The van der Waals surface area contributed by atoms with Gasteiger partial charge in [0.25, 0.3) is 0 Å². The molecular formula is C29H23ClN10O3. The summed E-state index contributed by atoms with van der Waals surface area (Å²) in [5, 5.41) is 19.8. The van der Waals surface area contributed by atoms with Gasteiger partial charge in [-0.1, -0.05) is 17.7 Å². The lowest BCUT2D eigenvalue weighted by molar-refractivity contribution is -0.117. The first-order chi connectivity index (χ1) is 20.9. The van der Waals surface area contributed by atoms with Crippen molar-refractivity contribution in [2.45, 2.75) is 12.5 Å². The Hall–Kier alpha value is -5.69. The van der Waals surface area contributed by atoms with Crippen LogP contribution in [0.3, 0.4) is 0 Å². The van der Waals surface area contributed by atoms with E-state index in [0.717, 1.165) is 11.3 Å². The number of carbonyl (C=O) groups is 2. The maximum Gasteiger partial charge on any atom is 0.249 e. The minimum atomic E-state index is -0.554. The third kappa shape index (κ3) is 6.01. The van der Waals surface area contributed by atoms with Crippen molar-refractivity contribution in [3.63, 3.8) is 0 Å². The number of tetrazole rings is 1. The molecule has 1 amide bonds. The molecule has 0 radical (unpaired) electrons. The number of aromatic nitrogens is 9. The SMILES string of the molecule is Cn1ccc(C[C@H](NC(=O)/C=C/c2cc(Cl)ccc2-n2cnnn2)c2nc(-c3ccc4[nH]c(=O)cc(C=O)c4c3)c[nH]2)n1. The Kier molecular flexibility index (Phi) is 7.45. The molecule has 0 aliphatic heterocycles. The Labute approximate surface area is 248 Å². The predicted octanol–water partition coefficient (Wildman–Crippen LogP) is 3.21. The number of aryl methyl sites for hydroxylation is 1. The Balaban J connectivity index is 1.29. The fourth-order valence-electron chi connectivity index (χ4n) is 4.72. The third-order valence-corrected chi connectivity index (χ3v) is 6.96. The number of benzene rings is 2. The predicted molar refractivity (Wildman–Crippen MR) is 159 cm³/mol. The highest BCUT2D eigenvalue weighted by molar-refractivity contribution is 6.30. The first kappa shape index (κ1) is 27.5. The molecule has 0 saturated heterocycles. The van der Waals surface area contributed by atoms with E-state index in [1.54, 1.807) is 53.4 Å². The summed E-state index contributed by atoms with van der Waals surface area (Å²) in [5.74, 6) is 0.142. The number of aromatic amines is 2. The molecule has 0 aliphatic rings. The van der Waals surface area contributed by atoms with Crippen LogP contribution >= 0.6 is 11.6 Å². The number of nitrogens with zero attached hydrogens (tertiary/aromatic N) is 7. The summed E-state index contributed by atoms with van der Waals surface area (Å²) in [7, 11) is 1.82. The second kappa shape index (κ2) is 11.7. The maximum absolute atomic E-state index is 13.2. The fourth-order valence-corrected chi connectivity index (χ4v) is 4.90. The molecule has 0 bridgehead atoms. The lowest BCUT2D eigenvalue weighted by atomic mass is 10.1. The van der Waals surface area contributed by atoms with Crippen molar-refractivity contribution in [3.05, 3.63) is 111 Å². The number of carbonyl (C=O) groups excluding carboxylic acids is 2. The average Bonchev–Trinajstić information content (AvgIpc) is 3.78. The van der Waals surface area contributed by atoms with Crippen LogP contribution in [0.1, 0.15) is 33.5 Å². The van der Waals surface area contributed by atoms with Gasteiger partial charge in [0.15, 0.2) is 6.29 Å². The van der Waals surface area contributed by atoms with E-state index in [2.05, 4.69) is 35.9 Å². The van der Waals surface area contributed by atoms with E-state index in [9.17, 15) is 14.4 Å². The van der Waals surface area contributed by atoms with Crippen LogP contribution in [0.4, 0.5) is 0 Å². The van der Waals surface area contributed by atoms with E-state index in [-0.39, 0.29) is 17.0 Å². The molecule has 6 aromatic rings. The van der Waals surface area contributed by atoms with E-state index >= 15 is 0 Å². The van der Waals surface area contributed by atoms with Crippen LogP contribution in [0.25, 0.3) is 33.9 Å². The van der Waals surface area contributed by atoms with E-state index in [1.165, 1.54) is 23.2 Å². The maximum atomic E-state index is 13.2. The van der Waals surface area contributed by atoms with Gasteiger partial charge in [-0.25, -0.2) is 4.98 Å². The molecule has 13 nitrogen and oxygen atoms in total. The number of hydrogen-bond acceptors (Lipinski definition) is 8. The van der Waals surface area contributed by atoms with Gasteiger partial charge >= 0.3 is 0 Å². The van der Waals surface area contributed by atoms with Gasteiger partial charge in [0.2, 0.25) is 11.5 Å². The van der Waals surface area contributed by atoms with Crippen LogP contribution in [0.2, 0.25) is 5.02 Å². The van der Waals surface area contributed by atoms with Gasteiger partial charge in [0.05, 0.1) is 23.1 Å². The number of imidazole rings is 1. The van der Waals surface area contributed by atoms with Crippen LogP contribution < -0.4 is 10.9 Å². The van der Waals surface area contributed by atoms with E-state index in [0.29, 0.717) is 51.4 Å². The fraction of sp³-hybridized carbons (Fsp3) is 0.103. The van der Waals surface area contributed by atoms with Crippen LogP contribution in [0, 0.1) is 0 Å². The van der Waals surface area contributed by atoms with Gasteiger partial charge in [-0.15, -0.1) is 5.10 Å². The molecule has 0 unspecified atom stereocenters. The second-order valence-electron chi connectivity index (χ2n) is 9.68. The van der Waals surface area contributed by atoms with Crippen molar-refractivity contribution < 1.29 is 9.59 Å². The van der Waals surface area contributed by atoms with Crippen molar-refractivity contribution in [1.29, 1.82) is 0 Å². The highest BCUT2D eigenvalue weighted by Gasteiger charge is 2.20. The summed E-state index contributed by atoms with van der Waals surface area (Å²) < 4.78 is 3.16. The Bertz CT molecular complexity index is 2040. The molecule has 3 N–H and O–H groups in total. The Morgan fingerprint density at radius 1 is 1.14 bits per heavy atom. The number of pyridine rings is 1. The van der Waals surface area contributed by atoms with Crippen molar-refractivity contribution in [2.75, 3.05) is 0 Å². The Morgan fingerprint density at radius 2 is 2.02 bits per heavy atom. The summed E-state index contributed by atoms with van der Waals surface area (Å²) in [6, 6.07) is 13.1. The van der Waals surface area contributed by atoms with Gasteiger partial charge in [0, 0.05) is 70.6 Å². The monoisotopic (exact) mass is 594 g/mol. The summed E-state index contributed by atoms with van der Waals surface area (Å²) in [6.07, 6.45) is 9.05. The lowest BCUT2D eigenvalue weighted by Crippen LogP contribution is -2.29. The summed E-state index contributed by atoms with van der Waals surface area (Å²) in [5.41, 5.74) is 3.85. The minimum absolute atomic E-state index is 0.284. The van der Waals surface area contributed by atoms with Crippen molar-refractivity contribution >= 4 is 40.8 Å². The number of halogens is 1. The van der Waals surface area contributed by atoms with Crippen molar-refractivity contribution in [2.24, 2.45) is 7.05 Å². The zero-order chi connectivity index (χ0) is 29.9. The molecule has 4 heterocycles. The number of hydrogen-bond donors (Lipinski definition) is 3. The minimum Gasteiger partial charge on any atom is -0.346 e. The molecule has 0 spiro atoms. The van der Waals surface area contributed by atoms with E-state index in [4.69, 9.17) is 16.6 Å². The van der Waals surface area contributed by atoms with Gasteiger partial charge < -0.3 is 15.3 Å². The van der Waals surface area contributed by atoms with E-state index < -0.39 is 6.04 Å². The molecule has 43 heavy (non-hydrogen) atoms. The zero-order valence-corrected chi connectivity index (χ0v) is 23.4. The lowest BCUT2D eigenvalue weighted by Gasteiger charge is -2.15. The normalized spacial score (nSPS) is 12.1. The first-order valence-corrected chi connectivity index (χ1v) is 13.4. The van der Waals surface area contributed by atoms with Crippen LogP contribution in [-0.2, 0) is 18.3 Å². The number of nitrogens with one attached hydrogen (secondary N) is 3.